The van der Waals surface area contributed by atoms with E-state index in [0.29, 0.717) is 10.9 Å². The second kappa shape index (κ2) is 7.08. The van der Waals surface area contributed by atoms with Crippen molar-refractivity contribution in [3.8, 4) is 0 Å². The number of hydrogen-bond donors (Lipinski definition) is 3. The fourth-order valence-electron chi connectivity index (χ4n) is 1.36. The molecule has 3 N–H and O–H groups in total. The number of halogens is 2. The number of nitrogens with one attached hydrogen (secondary N) is 2. The summed E-state index contributed by atoms with van der Waals surface area (Å²) in [5.41, 5.74) is 0.874. The van der Waals surface area contributed by atoms with E-state index in [1.807, 2.05) is 0 Å². The Morgan fingerprint density at radius 3 is 2.74 bits per heavy atom. The van der Waals surface area contributed by atoms with Crippen molar-refractivity contribution in [3.05, 3.63) is 28.0 Å². The standard InChI is InChI=1S/C12H14BrFN2O3/c1-7-5-10(9(14)6-8(7)13)16-12(19)15-4-2-3-11(17)18/h5-6H,2-4H2,1H3,(H,17,18)(H2,15,16,19). The zero-order valence-electron chi connectivity index (χ0n) is 10.3. The molecule has 0 saturated heterocycles. The molecule has 1 aromatic carbocycles. The molecule has 1 rings (SSSR count). The number of carbonyl (C=O) groups is 2. The smallest absolute Gasteiger partial charge is 0.319 e. The van der Waals surface area contributed by atoms with Crippen LogP contribution in [-0.2, 0) is 4.79 Å². The van der Waals surface area contributed by atoms with Crippen LogP contribution in [0.1, 0.15) is 18.4 Å². The third kappa shape index (κ3) is 5.25. The van der Waals surface area contributed by atoms with E-state index in [0.717, 1.165) is 5.56 Å². The lowest BCUT2D eigenvalue weighted by Gasteiger charge is -2.09. The number of urea groups is 1. The molecule has 0 fully saturated rings. The van der Waals surface area contributed by atoms with E-state index >= 15 is 0 Å². The first kappa shape index (κ1) is 15.4. The summed E-state index contributed by atoms with van der Waals surface area (Å²) in [7, 11) is 0. The van der Waals surface area contributed by atoms with Crippen LogP contribution in [0.25, 0.3) is 0 Å². The zero-order valence-corrected chi connectivity index (χ0v) is 11.9. The van der Waals surface area contributed by atoms with Crippen LogP contribution in [0.15, 0.2) is 16.6 Å². The summed E-state index contributed by atoms with van der Waals surface area (Å²) in [6.07, 6.45) is 0.302. The van der Waals surface area contributed by atoms with E-state index in [1.54, 1.807) is 6.92 Å². The summed E-state index contributed by atoms with van der Waals surface area (Å²) in [5.74, 6) is -1.46. The van der Waals surface area contributed by atoms with Gasteiger partial charge in [0.1, 0.15) is 5.82 Å². The lowest BCUT2D eigenvalue weighted by atomic mass is 10.2. The molecule has 0 atom stereocenters. The highest BCUT2D eigenvalue weighted by Gasteiger charge is 2.09. The first-order valence-electron chi connectivity index (χ1n) is 5.62. The minimum atomic E-state index is -0.920. The van der Waals surface area contributed by atoms with Gasteiger partial charge in [-0.1, -0.05) is 15.9 Å². The number of hydrogen-bond acceptors (Lipinski definition) is 2. The molecular formula is C12H14BrFN2O3. The number of aryl methyl sites for hydroxylation is 1. The van der Waals surface area contributed by atoms with Gasteiger partial charge in [-0.05, 0) is 31.0 Å². The van der Waals surface area contributed by atoms with Crippen LogP contribution in [0, 0.1) is 12.7 Å². The largest absolute Gasteiger partial charge is 0.481 e. The average Bonchev–Trinajstić information content (AvgIpc) is 2.31. The lowest BCUT2D eigenvalue weighted by molar-refractivity contribution is -0.137. The van der Waals surface area contributed by atoms with Gasteiger partial charge in [0, 0.05) is 17.4 Å². The molecule has 0 spiro atoms. The Bertz CT molecular complexity index is 494. The molecular weight excluding hydrogens is 319 g/mol. The van der Waals surface area contributed by atoms with Crippen LogP contribution in [0.4, 0.5) is 14.9 Å². The molecule has 19 heavy (non-hydrogen) atoms. The van der Waals surface area contributed by atoms with Crippen LogP contribution in [0.3, 0.4) is 0 Å². The number of aliphatic carboxylic acids is 1. The summed E-state index contributed by atoms with van der Waals surface area (Å²) in [6.45, 7) is 1.99. The van der Waals surface area contributed by atoms with Crippen LogP contribution >= 0.6 is 15.9 Å². The Morgan fingerprint density at radius 1 is 1.42 bits per heavy atom. The molecule has 0 radical (unpaired) electrons. The van der Waals surface area contributed by atoms with E-state index in [1.165, 1.54) is 12.1 Å². The maximum atomic E-state index is 13.5. The highest BCUT2D eigenvalue weighted by atomic mass is 79.9. The third-order valence-electron chi connectivity index (χ3n) is 2.35. The summed E-state index contributed by atoms with van der Waals surface area (Å²) in [4.78, 5) is 21.7. The van der Waals surface area contributed by atoms with E-state index in [-0.39, 0.29) is 18.7 Å². The van der Waals surface area contributed by atoms with Crippen molar-refractivity contribution in [3.63, 3.8) is 0 Å². The Labute approximate surface area is 118 Å². The molecule has 1 aromatic rings. The van der Waals surface area contributed by atoms with Crippen LogP contribution in [-0.4, -0.2) is 23.7 Å². The van der Waals surface area contributed by atoms with Crippen LogP contribution < -0.4 is 10.6 Å². The molecule has 0 aliphatic heterocycles. The topological polar surface area (TPSA) is 78.4 Å². The van der Waals surface area contributed by atoms with Crippen molar-refractivity contribution in [1.29, 1.82) is 0 Å². The van der Waals surface area contributed by atoms with E-state index < -0.39 is 17.8 Å². The van der Waals surface area contributed by atoms with Crippen molar-refractivity contribution in [2.45, 2.75) is 19.8 Å². The fraction of sp³-hybridized carbons (Fsp3) is 0.333. The number of carboxylic acids is 1. The van der Waals surface area contributed by atoms with Gasteiger partial charge in [-0.15, -0.1) is 0 Å². The summed E-state index contributed by atoms with van der Waals surface area (Å²) < 4.78 is 14.2. The quantitative estimate of drug-likeness (QED) is 0.725. The molecule has 0 unspecified atom stereocenters. The second-order valence-corrected chi connectivity index (χ2v) is 4.81. The van der Waals surface area contributed by atoms with Gasteiger partial charge in [0.05, 0.1) is 5.69 Å². The SMILES string of the molecule is Cc1cc(NC(=O)NCCCC(=O)O)c(F)cc1Br. The van der Waals surface area contributed by atoms with Crippen LogP contribution in [0.2, 0.25) is 0 Å². The number of benzene rings is 1. The third-order valence-corrected chi connectivity index (χ3v) is 3.20. The number of rotatable bonds is 5. The normalized spacial score (nSPS) is 10.1. The predicted octanol–water partition coefficient (Wildman–Crippen LogP) is 2.88. The maximum absolute atomic E-state index is 13.5. The van der Waals surface area contributed by atoms with Gasteiger partial charge < -0.3 is 15.7 Å². The van der Waals surface area contributed by atoms with E-state index in [2.05, 4.69) is 26.6 Å². The van der Waals surface area contributed by atoms with Crippen LogP contribution in [0.5, 0.6) is 0 Å². The van der Waals surface area contributed by atoms with Crippen molar-refractivity contribution in [2.75, 3.05) is 11.9 Å². The van der Waals surface area contributed by atoms with E-state index in [9.17, 15) is 14.0 Å². The maximum Gasteiger partial charge on any atom is 0.319 e. The Hall–Kier alpha value is -1.63. The number of carboxylic acid groups (broad SMARTS) is 1. The van der Waals surface area contributed by atoms with Gasteiger partial charge >= 0.3 is 12.0 Å². The van der Waals surface area contributed by atoms with Crippen molar-refractivity contribution in [2.24, 2.45) is 0 Å². The number of anilines is 1. The molecule has 0 aliphatic rings. The predicted molar refractivity (Wildman–Crippen MR) is 72.7 cm³/mol. The zero-order chi connectivity index (χ0) is 14.4. The molecule has 104 valence electrons. The highest BCUT2D eigenvalue weighted by molar-refractivity contribution is 9.10. The Morgan fingerprint density at radius 2 is 2.11 bits per heavy atom. The number of amides is 2. The minimum absolute atomic E-state index is 0.0218. The first-order valence-corrected chi connectivity index (χ1v) is 6.41. The van der Waals surface area contributed by atoms with Gasteiger partial charge in [0.25, 0.3) is 0 Å². The minimum Gasteiger partial charge on any atom is -0.481 e. The van der Waals surface area contributed by atoms with Gasteiger partial charge in [-0.3, -0.25) is 4.79 Å². The van der Waals surface area contributed by atoms with Crippen molar-refractivity contribution >= 4 is 33.6 Å². The molecule has 0 heterocycles. The van der Waals surface area contributed by atoms with Gasteiger partial charge in [-0.2, -0.15) is 0 Å². The molecule has 5 nitrogen and oxygen atoms in total. The molecule has 2 amide bonds. The molecule has 7 heteroatoms. The molecule has 0 aromatic heterocycles. The Balaban J connectivity index is 2.48. The fourth-order valence-corrected chi connectivity index (χ4v) is 1.68. The Kier molecular flexibility index (Phi) is 5.75. The molecule has 0 aliphatic carbocycles. The number of carbonyl (C=O) groups excluding carboxylic acids is 1. The molecule has 0 saturated carbocycles. The van der Waals surface area contributed by atoms with Crippen molar-refractivity contribution in [1.82, 2.24) is 5.32 Å². The van der Waals surface area contributed by atoms with Gasteiger partial charge in [0.15, 0.2) is 0 Å². The summed E-state index contributed by atoms with van der Waals surface area (Å²) in [6, 6.07) is 2.22. The first-order chi connectivity index (χ1) is 8.90. The monoisotopic (exact) mass is 332 g/mol. The molecule has 0 bridgehead atoms. The lowest BCUT2D eigenvalue weighted by Crippen LogP contribution is -2.30. The van der Waals surface area contributed by atoms with Gasteiger partial charge in [0.2, 0.25) is 0 Å². The van der Waals surface area contributed by atoms with E-state index in [4.69, 9.17) is 5.11 Å². The average molecular weight is 333 g/mol. The second-order valence-electron chi connectivity index (χ2n) is 3.96. The summed E-state index contributed by atoms with van der Waals surface area (Å²) >= 11 is 3.19. The van der Waals surface area contributed by atoms with Gasteiger partial charge in [-0.25, -0.2) is 9.18 Å². The summed E-state index contributed by atoms with van der Waals surface area (Å²) in [5, 5.41) is 13.3. The van der Waals surface area contributed by atoms with Crippen molar-refractivity contribution < 1.29 is 19.1 Å². The highest BCUT2D eigenvalue weighted by Crippen LogP contribution is 2.23.